The van der Waals surface area contributed by atoms with Crippen molar-refractivity contribution in [2.45, 2.75) is 6.61 Å². The number of methoxy groups -OCH3 is 3. The lowest BCUT2D eigenvalue weighted by molar-refractivity contribution is 0.0474. The van der Waals surface area contributed by atoms with Crippen LogP contribution in [0, 0.1) is 0 Å². The average Bonchev–Trinajstić information content (AvgIpc) is 3.21. The van der Waals surface area contributed by atoms with E-state index in [2.05, 4.69) is 9.59 Å². The lowest BCUT2D eigenvalue weighted by atomic mass is 10.1. The third kappa shape index (κ3) is 4.01. The summed E-state index contributed by atoms with van der Waals surface area (Å²) in [5, 5.41) is 4.06. The number of nitrogens with zero attached hydrogens (tertiary/aromatic N) is 2. The normalized spacial score (nSPS) is 10.3. The molecule has 0 spiro atoms. The van der Waals surface area contributed by atoms with Crippen molar-refractivity contribution in [3.63, 3.8) is 0 Å². The predicted octanol–water partition coefficient (Wildman–Crippen LogP) is 3.59. The molecule has 140 valence electrons. The van der Waals surface area contributed by atoms with Crippen molar-refractivity contribution in [1.82, 2.24) is 9.59 Å². The number of carbonyl (C=O) groups excluding carboxylic acids is 1. The van der Waals surface area contributed by atoms with Gasteiger partial charge >= 0.3 is 5.97 Å². The minimum atomic E-state index is -0.510. The van der Waals surface area contributed by atoms with Crippen molar-refractivity contribution in [3.05, 3.63) is 52.9 Å². The number of carbonyl (C=O) groups is 1. The molecule has 0 radical (unpaired) electrons. The molecule has 0 saturated heterocycles. The zero-order valence-electron chi connectivity index (χ0n) is 15.1. The van der Waals surface area contributed by atoms with Crippen LogP contribution in [-0.4, -0.2) is 36.9 Å². The van der Waals surface area contributed by atoms with E-state index in [9.17, 15) is 4.79 Å². The Morgan fingerprint density at radius 2 is 1.63 bits per heavy atom. The van der Waals surface area contributed by atoms with E-state index in [1.54, 1.807) is 51.7 Å². The number of ether oxygens (including phenoxy) is 4. The maximum absolute atomic E-state index is 12.6. The van der Waals surface area contributed by atoms with Crippen molar-refractivity contribution < 1.29 is 23.7 Å². The molecule has 0 fully saturated rings. The summed E-state index contributed by atoms with van der Waals surface area (Å²) in [6.45, 7) is 0.00593. The van der Waals surface area contributed by atoms with E-state index >= 15 is 0 Å². The first-order valence-electron chi connectivity index (χ1n) is 8.01. The molecule has 0 saturated carbocycles. The molecule has 0 aliphatic carbocycles. The van der Waals surface area contributed by atoms with Gasteiger partial charge in [-0.3, -0.25) is 0 Å². The van der Waals surface area contributed by atoms with Crippen molar-refractivity contribution in [1.29, 1.82) is 0 Å². The number of hydrogen-bond acceptors (Lipinski definition) is 8. The lowest BCUT2D eigenvalue weighted by Crippen LogP contribution is -2.07. The molecule has 1 aromatic heterocycles. The van der Waals surface area contributed by atoms with Gasteiger partial charge in [0, 0.05) is 5.56 Å². The third-order valence-electron chi connectivity index (χ3n) is 3.91. The quantitative estimate of drug-likeness (QED) is 0.574. The predicted molar refractivity (Wildman–Crippen MR) is 101 cm³/mol. The molecule has 0 unspecified atom stereocenters. The molecule has 0 N–H and O–H groups in total. The second-order valence-corrected chi connectivity index (χ2v) is 6.15. The van der Waals surface area contributed by atoms with Gasteiger partial charge in [-0.1, -0.05) is 10.6 Å². The van der Waals surface area contributed by atoms with E-state index in [1.165, 1.54) is 0 Å². The topological polar surface area (TPSA) is 79.8 Å². The zero-order chi connectivity index (χ0) is 19.2. The molecule has 0 aliphatic rings. The van der Waals surface area contributed by atoms with Gasteiger partial charge in [-0.05, 0) is 47.9 Å². The fourth-order valence-corrected chi connectivity index (χ4v) is 3.12. The highest BCUT2D eigenvalue weighted by molar-refractivity contribution is 7.08. The Labute approximate surface area is 160 Å². The van der Waals surface area contributed by atoms with E-state index in [1.807, 2.05) is 12.1 Å². The van der Waals surface area contributed by atoms with Gasteiger partial charge < -0.3 is 18.9 Å². The standard InChI is InChI=1S/C19H18N2O5S/c1-23-13-9-7-12(8-10-13)17-18(27-21-20-17)19(22)26-11-14-15(24-2)5-4-6-16(14)25-3/h4-10H,11H2,1-3H3. The SMILES string of the molecule is COc1ccc(-c2nnsc2C(=O)OCc2c(OC)cccc2OC)cc1. The number of aromatic nitrogens is 2. The number of hydrogen-bond donors (Lipinski definition) is 0. The van der Waals surface area contributed by atoms with Crippen LogP contribution in [-0.2, 0) is 11.3 Å². The van der Waals surface area contributed by atoms with E-state index in [4.69, 9.17) is 18.9 Å². The van der Waals surface area contributed by atoms with Crippen LogP contribution in [0.1, 0.15) is 15.2 Å². The minimum Gasteiger partial charge on any atom is -0.497 e. The molecule has 1 heterocycles. The average molecular weight is 386 g/mol. The molecule has 0 aliphatic heterocycles. The number of rotatable bonds is 7. The summed E-state index contributed by atoms with van der Waals surface area (Å²) in [7, 11) is 4.69. The first kappa shape index (κ1) is 18.7. The number of benzene rings is 2. The Hall–Kier alpha value is -3.13. The van der Waals surface area contributed by atoms with Gasteiger partial charge in [-0.2, -0.15) is 0 Å². The van der Waals surface area contributed by atoms with Crippen LogP contribution in [0.4, 0.5) is 0 Å². The zero-order valence-corrected chi connectivity index (χ0v) is 15.9. The smallest absolute Gasteiger partial charge is 0.352 e. The highest BCUT2D eigenvalue weighted by Gasteiger charge is 2.21. The van der Waals surface area contributed by atoms with Gasteiger partial charge in [0.05, 0.1) is 26.9 Å². The van der Waals surface area contributed by atoms with Crippen LogP contribution in [0.5, 0.6) is 17.2 Å². The Morgan fingerprint density at radius 3 is 2.22 bits per heavy atom. The molecule has 7 nitrogen and oxygen atoms in total. The summed E-state index contributed by atoms with van der Waals surface area (Å²) in [4.78, 5) is 12.9. The van der Waals surface area contributed by atoms with Crippen molar-refractivity contribution in [2.75, 3.05) is 21.3 Å². The minimum absolute atomic E-state index is 0.00593. The van der Waals surface area contributed by atoms with Gasteiger partial charge in [-0.15, -0.1) is 5.10 Å². The van der Waals surface area contributed by atoms with Crippen LogP contribution in [0.3, 0.4) is 0 Å². The Bertz CT molecular complexity index is 902. The van der Waals surface area contributed by atoms with Gasteiger partial charge in [0.25, 0.3) is 0 Å². The fourth-order valence-electron chi connectivity index (χ4n) is 2.54. The van der Waals surface area contributed by atoms with Gasteiger partial charge in [-0.25, -0.2) is 4.79 Å². The molecule has 2 aromatic carbocycles. The Morgan fingerprint density at radius 1 is 0.963 bits per heavy atom. The van der Waals surface area contributed by atoms with Crippen molar-refractivity contribution >= 4 is 17.5 Å². The molecule has 3 aromatic rings. The first-order valence-corrected chi connectivity index (χ1v) is 8.79. The molecular weight excluding hydrogens is 368 g/mol. The second kappa shape index (κ2) is 8.50. The fraction of sp³-hybridized carbons (Fsp3) is 0.211. The molecule has 27 heavy (non-hydrogen) atoms. The van der Waals surface area contributed by atoms with Crippen molar-refractivity contribution in [3.8, 4) is 28.5 Å². The summed E-state index contributed by atoms with van der Waals surface area (Å²) in [5.41, 5.74) is 1.88. The molecule has 0 bridgehead atoms. The number of esters is 1. The van der Waals surface area contributed by atoms with Gasteiger partial charge in [0.1, 0.15) is 29.5 Å². The summed E-state index contributed by atoms with van der Waals surface area (Å²) in [5.74, 6) is 1.37. The third-order valence-corrected chi connectivity index (χ3v) is 4.62. The van der Waals surface area contributed by atoms with Crippen LogP contribution >= 0.6 is 11.5 Å². The molecule has 0 atom stereocenters. The van der Waals surface area contributed by atoms with Crippen LogP contribution in [0.25, 0.3) is 11.3 Å². The van der Waals surface area contributed by atoms with E-state index in [-0.39, 0.29) is 6.61 Å². The monoisotopic (exact) mass is 386 g/mol. The van der Waals surface area contributed by atoms with E-state index < -0.39 is 5.97 Å². The van der Waals surface area contributed by atoms with Crippen LogP contribution < -0.4 is 14.2 Å². The lowest BCUT2D eigenvalue weighted by Gasteiger charge is -2.13. The Balaban J connectivity index is 1.79. The maximum Gasteiger partial charge on any atom is 0.352 e. The van der Waals surface area contributed by atoms with E-state index in [0.717, 1.165) is 17.1 Å². The Kier molecular flexibility index (Phi) is 5.87. The molecule has 3 rings (SSSR count). The van der Waals surface area contributed by atoms with Crippen LogP contribution in [0.2, 0.25) is 0 Å². The second-order valence-electron chi connectivity index (χ2n) is 5.40. The summed E-state index contributed by atoms with van der Waals surface area (Å²) < 4.78 is 25.2. The van der Waals surface area contributed by atoms with E-state index in [0.29, 0.717) is 33.4 Å². The highest BCUT2D eigenvalue weighted by Crippen LogP contribution is 2.30. The first-order chi connectivity index (χ1) is 13.2. The summed E-state index contributed by atoms with van der Waals surface area (Å²) in [6, 6.07) is 12.6. The van der Waals surface area contributed by atoms with Gasteiger partial charge in [0.15, 0.2) is 4.88 Å². The molecule has 8 heteroatoms. The van der Waals surface area contributed by atoms with Gasteiger partial charge in [0.2, 0.25) is 0 Å². The van der Waals surface area contributed by atoms with Crippen molar-refractivity contribution in [2.24, 2.45) is 0 Å². The summed E-state index contributed by atoms with van der Waals surface area (Å²) >= 11 is 0.988. The molecule has 0 amide bonds. The summed E-state index contributed by atoms with van der Waals surface area (Å²) in [6.07, 6.45) is 0. The largest absolute Gasteiger partial charge is 0.497 e. The van der Waals surface area contributed by atoms with Crippen LogP contribution in [0.15, 0.2) is 42.5 Å². The highest BCUT2D eigenvalue weighted by atomic mass is 32.1. The molecular formula is C19H18N2O5S. The maximum atomic E-state index is 12.6.